The molecule has 0 radical (unpaired) electrons. The van der Waals surface area contributed by atoms with E-state index in [2.05, 4.69) is 6.58 Å². The summed E-state index contributed by atoms with van der Waals surface area (Å²) >= 11 is 0. The summed E-state index contributed by atoms with van der Waals surface area (Å²) in [6.07, 6.45) is 2.87. The molecule has 0 aliphatic carbocycles. The highest BCUT2D eigenvalue weighted by Gasteiger charge is 2.07. The Morgan fingerprint density at radius 3 is 2.70 bits per heavy atom. The highest BCUT2D eigenvalue weighted by molar-refractivity contribution is 5.69. The molecule has 0 heterocycles. The summed E-state index contributed by atoms with van der Waals surface area (Å²) in [5.74, 6) is -0.0633. The average molecular weight is 270 g/mol. The second-order valence-electron chi connectivity index (χ2n) is 5.16. The highest BCUT2D eigenvalue weighted by atomic mass is 19.1. The van der Waals surface area contributed by atoms with Crippen LogP contribution in [0, 0.1) is 5.82 Å². The summed E-state index contributed by atoms with van der Waals surface area (Å²) in [6, 6.07) is 11.8. The Balaban J connectivity index is 2.30. The van der Waals surface area contributed by atoms with Crippen LogP contribution in [0.25, 0.3) is 11.1 Å². The number of hydrogen-bond donors (Lipinski definition) is 1. The fraction of sp³-hybridized carbons (Fsp3) is 0.222. The number of benzene rings is 2. The van der Waals surface area contributed by atoms with Crippen molar-refractivity contribution in [3.8, 4) is 16.9 Å². The fourth-order valence-corrected chi connectivity index (χ4v) is 2.29. The van der Waals surface area contributed by atoms with Gasteiger partial charge < -0.3 is 5.11 Å². The maximum atomic E-state index is 13.4. The van der Waals surface area contributed by atoms with E-state index in [1.165, 1.54) is 12.1 Å². The van der Waals surface area contributed by atoms with Gasteiger partial charge in [0.2, 0.25) is 0 Å². The van der Waals surface area contributed by atoms with Gasteiger partial charge in [-0.2, -0.15) is 0 Å². The van der Waals surface area contributed by atoms with Crippen LogP contribution in [0.3, 0.4) is 0 Å². The van der Waals surface area contributed by atoms with Crippen LogP contribution in [0.15, 0.2) is 54.6 Å². The molecule has 20 heavy (non-hydrogen) atoms. The molecule has 0 bridgehead atoms. The van der Waals surface area contributed by atoms with Gasteiger partial charge in [-0.15, -0.1) is 6.58 Å². The van der Waals surface area contributed by atoms with Crippen LogP contribution in [0.1, 0.15) is 25.3 Å². The lowest BCUT2D eigenvalue weighted by molar-refractivity contribution is 0.475. The molecule has 2 aromatic rings. The average Bonchev–Trinajstić information content (AvgIpc) is 2.40. The van der Waals surface area contributed by atoms with E-state index in [0.717, 1.165) is 41.5 Å². The summed E-state index contributed by atoms with van der Waals surface area (Å²) in [6.45, 7) is 5.92. The van der Waals surface area contributed by atoms with Gasteiger partial charge in [0, 0.05) is 0 Å². The van der Waals surface area contributed by atoms with E-state index in [0.29, 0.717) is 0 Å². The van der Waals surface area contributed by atoms with E-state index >= 15 is 0 Å². The normalized spacial score (nSPS) is 10.5. The van der Waals surface area contributed by atoms with Gasteiger partial charge in [0.1, 0.15) is 11.6 Å². The van der Waals surface area contributed by atoms with Crippen LogP contribution < -0.4 is 0 Å². The van der Waals surface area contributed by atoms with Gasteiger partial charge in [-0.25, -0.2) is 4.39 Å². The zero-order chi connectivity index (χ0) is 14.5. The number of halogens is 1. The predicted molar refractivity (Wildman–Crippen MR) is 81.3 cm³/mol. The number of aromatic hydroxyl groups is 1. The minimum Gasteiger partial charge on any atom is -0.508 e. The van der Waals surface area contributed by atoms with Gasteiger partial charge in [0.05, 0.1) is 0 Å². The molecular formula is C18H19FO. The Morgan fingerprint density at radius 2 is 2.00 bits per heavy atom. The van der Waals surface area contributed by atoms with Crippen molar-refractivity contribution in [2.75, 3.05) is 0 Å². The highest BCUT2D eigenvalue weighted by Crippen LogP contribution is 2.29. The molecule has 0 spiro atoms. The van der Waals surface area contributed by atoms with Gasteiger partial charge in [-0.1, -0.05) is 23.8 Å². The Labute approximate surface area is 119 Å². The maximum Gasteiger partial charge on any atom is 0.123 e. The molecule has 2 aromatic carbocycles. The fourth-order valence-electron chi connectivity index (χ4n) is 2.29. The summed E-state index contributed by atoms with van der Waals surface area (Å²) in [4.78, 5) is 0. The van der Waals surface area contributed by atoms with E-state index < -0.39 is 0 Å². The summed E-state index contributed by atoms with van der Waals surface area (Å²) in [7, 11) is 0. The molecular weight excluding hydrogens is 251 g/mol. The van der Waals surface area contributed by atoms with Crippen molar-refractivity contribution in [1.82, 2.24) is 0 Å². The minimum absolute atomic E-state index is 0.202. The van der Waals surface area contributed by atoms with Crippen LogP contribution in [-0.2, 0) is 6.42 Å². The number of allylic oxidation sites excluding steroid dienone is 1. The first kappa shape index (κ1) is 14.3. The standard InChI is InChI=1S/C18H19FO/c1-13(2)5-3-6-14-9-10-17(20)12-18(14)15-7-4-8-16(19)11-15/h4,7-12,20H,1,3,5-6H2,2H3. The molecule has 0 saturated carbocycles. The van der Waals surface area contributed by atoms with E-state index in [1.807, 2.05) is 19.1 Å². The molecule has 2 heteroatoms. The van der Waals surface area contributed by atoms with Gasteiger partial charge in [0.15, 0.2) is 0 Å². The molecule has 104 valence electrons. The van der Waals surface area contributed by atoms with Crippen LogP contribution in [0.5, 0.6) is 5.75 Å². The number of phenols is 1. The van der Waals surface area contributed by atoms with E-state index in [-0.39, 0.29) is 11.6 Å². The monoisotopic (exact) mass is 270 g/mol. The number of hydrogen-bond acceptors (Lipinski definition) is 1. The lowest BCUT2D eigenvalue weighted by atomic mass is 9.95. The number of aryl methyl sites for hydroxylation is 1. The topological polar surface area (TPSA) is 20.2 Å². The van der Waals surface area contributed by atoms with Crippen molar-refractivity contribution >= 4 is 0 Å². The number of phenolic OH excluding ortho intramolecular Hbond substituents is 1. The molecule has 1 nitrogen and oxygen atoms in total. The van der Waals surface area contributed by atoms with Gasteiger partial charge in [0.25, 0.3) is 0 Å². The molecule has 2 rings (SSSR count). The molecule has 0 aliphatic rings. The van der Waals surface area contributed by atoms with Crippen molar-refractivity contribution < 1.29 is 9.50 Å². The third kappa shape index (κ3) is 3.70. The molecule has 0 atom stereocenters. The van der Waals surface area contributed by atoms with Gasteiger partial charge in [-0.05, 0) is 67.1 Å². The van der Waals surface area contributed by atoms with Crippen molar-refractivity contribution in [1.29, 1.82) is 0 Å². The zero-order valence-electron chi connectivity index (χ0n) is 11.7. The maximum absolute atomic E-state index is 13.4. The lowest BCUT2D eigenvalue weighted by Crippen LogP contribution is -1.92. The zero-order valence-corrected chi connectivity index (χ0v) is 11.7. The first-order valence-electron chi connectivity index (χ1n) is 6.78. The second kappa shape index (κ2) is 6.38. The predicted octanol–water partition coefficient (Wildman–Crippen LogP) is 5.10. The number of rotatable bonds is 5. The summed E-state index contributed by atoms with van der Waals surface area (Å²) < 4.78 is 13.4. The van der Waals surface area contributed by atoms with Crippen LogP contribution >= 0.6 is 0 Å². The molecule has 0 aliphatic heterocycles. The van der Waals surface area contributed by atoms with Crippen molar-refractivity contribution in [2.45, 2.75) is 26.2 Å². The van der Waals surface area contributed by atoms with Crippen molar-refractivity contribution in [3.05, 3.63) is 66.0 Å². The molecule has 1 N–H and O–H groups in total. The smallest absolute Gasteiger partial charge is 0.123 e. The largest absolute Gasteiger partial charge is 0.508 e. The lowest BCUT2D eigenvalue weighted by Gasteiger charge is -2.11. The Morgan fingerprint density at radius 1 is 1.20 bits per heavy atom. The third-order valence-corrected chi connectivity index (χ3v) is 3.28. The van der Waals surface area contributed by atoms with Crippen molar-refractivity contribution in [3.63, 3.8) is 0 Å². The molecule has 0 amide bonds. The SMILES string of the molecule is C=C(C)CCCc1ccc(O)cc1-c1cccc(F)c1. The first-order valence-corrected chi connectivity index (χ1v) is 6.78. The molecule has 0 aromatic heterocycles. The molecule has 0 unspecified atom stereocenters. The van der Waals surface area contributed by atoms with E-state index in [4.69, 9.17) is 0 Å². The first-order chi connectivity index (χ1) is 9.56. The van der Waals surface area contributed by atoms with Crippen molar-refractivity contribution in [2.24, 2.45) is 0 Å². The van der Waals surface area contributed by atoms with Crippen LogP contribution in [-0.4, -0.2) is 5.11 Å². The van der Waals surface area contributed by atoms with Crippen LogP contribution in [0.4, 0.5) is 4.39 Å². The Hall–Kier alpha value is -2.09. The summed E-state index contributed by atoms with van der Waals surface area (Å²) in [5.41, 5.74) is 3.98. The molecule has 0 fully saturated rings. The third-order valence-electron chi connectivity index (χ3n) is 3.28. The van der Waals surface area contributed by atoms with Gasteiger partial charge in [-0.3, -0.25) is 0 Å². The quantitative estimate of drug-likeness (QED) is 0.750. The molecule has 0 saturated heterocycles. The second-order valence-corrected chi connectivity index (χ2v) is 5.16. The van der Waals surface area contributed by atoms with E-state index in [1.54, 1.807) is 18.2 Å². The van der Waals surface area contributed by atoms with Crippen LogP contribution in [0.2, 0.25) is 0 Å². The van der Waals surface area contributed by atoms with Gasteiger partial charge >= 0.3 is 0 Å². The Kier molecular flexibility index (Phi) is 4.57. The Bertz CT molecular complexity index is 617. The minimum atomic E-state index is -0.265. The summed E-state index contributed by atoms with van der Waals surface area (Å²) in [5, 5.41) is 9.67. The van der Waals surface area contributed by atoms with E-state index in [9.17, 15) is 9.50 Å².